The number of rotatable bonds is 7. The van der Waals surface area contributed by atoms with Gasteiger partial charge in [-0.05, 0) is 36.1 Å². The molecule has 0 spiro atoms. The van der Waals surface area contributed by atoms with Gasteiger partial charge in [0.25, 0.3) is 0 Å². The highest BCUT2D eigenvalue weighted by Crippen LogP contribution is 2.48. The number of carbonyl (C=O) groups excluding carboxylic acids is 1. The lowest BCUT2D eigenvalue weighted by atomic mass is 9.78. The number of ketones is 1. The zero-order chi connectivity index (χ0) is 31.0. The van der Waals surface area contributed by atoms with Crippen molar-refractivity contribution in [3.63, 3.8) is 0 Å². The first-order chi connectivity index (χ1) is 21.1. The van der Waals surface area contributed by atoms with Gasteiger partial charge in [-0.2, -0.15) is 27.1 Å². The monoisotopic (exact) mass is 612 g/mol. The summed E-state index contributed by atoms with van der Waals surface area (Å²) in [5.74, 6) is -3.22. The molecule has 2 aliphatic rings. The first-order valence-corrected chi connectivity index (χ1v) is 14.3. The smallest absolute Gasteiger partial charge is 0.398 e. The molecule has 1 aliphatic carbocycles. The molecule has 230 valence electrons. The molecule has 1 fully saturated rings. The Balaban J connectivity index is 1.40. The van der Waals surface area contributed by atoms with Gasteiger partial charge in [-0.25, -0.2) is 4.98 Å². The van der Waals surface area contributed by atoms with Gasteiger partial charge >= 0.3 is 12.8 Å². The fourth-order valence-corrected chi connectivity index (χ4v) is 6.35. The summed E-state index contributed by atoms with van der Waals surface area (Å²) in [5.41, 5.74) is 1.86. The Morgan fingerprint density at radius 1 is 0.909 bits per heavy atom. The van der Waals surface area contributed by atoms with Crippen LogP contribution in [0.1, 0.15) is 58.8 Å². The minimum absolute atomic E-state index is 0.0755. The second kappa shape index (κ2) is 12.0. The van der Waals surface area contributed by atoms with Gasteiger partial charge in [0.05, 0.1) is 24.0 Å². The number of aliphatic hydroxyl groups excluding tert-OH is 1. The van der Waals surface area contributed by atoms with E-state index in [-0.39, 0.29) is 35.0 Å². The normalized spacial score (nSPS) is 19.5. The molecule has 2 aromatic heterocycles. The van der Waals surface area contributed by atoms with Crippen LogP contribution >= 0.6 is 0 Å². The summed E-state index contributed by atoms with van der Waals surface area (Å²) in [6.07, 6.45) is -5.42. The van der Waals surface area contributed by atoms with E-state index in [9.17, 15) is 31.9 Å². The number of halogens is 5. The number of fused-ring (bicyclic) bond motifs is 1. The summed E-state index contributed by atoms with van der Waals surface area (Å²) in [6, 6.07) is 20.9. The molecular formula is C32H29F5N4O3. The molecule has 12 heteroatoms. The fourth-order valence-electron chi connectivity index (χ4n) is 6.35. The lowest BCUT2D eigenvalue weighted by molar-refractivity contribution is -0.179. The molecule has 0 amide bonds. The van der Waals surface area contributed by atoms with Crippen LogP contribution in [0.2, 0.25) is 0 Å². The molecule has 2 atom stereocenters. The highest BCUT2D eigenvalue weighted by Gasteiger charge is 2.54. The van der Waals surface area contributed by atoms with Crippen LogP contribution in [0.5, 0.6) is 5.75 Å². The van der Waals surface area contributed by atoms with Gasteiger partial charge in [-0.15, -0.1) is 0 Å². The van der Waals surface area contributed by atoms with Gasteiger partial charge in [0.2, 0.25) is 0 Å². The predicted octanol–water partition coefficient (Wildman–Crippen LogP) is 6.03. The molecule has 0 saturated carbocycles. The molecule has 0 radical (unpaired) electrons. The Hall–Kier alpha value is -4.32. The number of hydrogen-bond donors (Lipinski definition) is 1. The van der Waals surface area contributed by atoms with Crippen molar-refractivity contribution < 1.29 is 36.6 Å². The third-order valence-corrected chi connectivity index (χ3v) is 8.36. The number of benzene rings is 2. The van der Waals surface area contributed by atoms with Crippen LogP contribution in [0.4, 0.5) is 27.8 Å². The third-order valence-electron chi connectivity index (χ3n) is 8.36. The molecule has 0 bridgehead atoms. The lowest BCUT2D eigenvalue weighted by Crippen LogP contribution is -2.43. The molecule has 44 heavy (non-hydrogen) atoms. The van der Waals surface area contributed by atoms with E-state index in [0.717, 1.165) is 11.1 Å². The number of anilines is 1. The van der Waals surface area contributed by atoms with Crippen LogP contribution in [0.25, 0.3) is 0 Å². The van der Waals surface area contributed by atoms with Crippen molar-refractivity contribution in [2.24, 2.45) is 0 Å². The summed E-state index contributed by atoms with van der Waals surface area (Å²) < 4.78 is 74.8. The van der Waals surface area contributed by atoms with Gasteiger partial charge in [-0.3, -0.25) is 9.48 Å². The highest BCUT2D eigenvalue weighted by atomic mass is 19.4. The van der Waals surface area contributed by atoms with Crippen molar-refractivity contribution >= 4 is 11.6 Å². The second-order valence-electron chi connectivity index (χ2n) is 11.0. The van der Waals surface area contributed by atoms with Crippen molar-refractivity contribution in [2.45, 2.75) is 56.0 Å². The number of hydrogen-bond acceptors (Lipinski definition) is 6. The van der Waals surface area contributed by atoms with E-state index in [0.29, 0.717) is 31.7 Å². The molecular weight excluding hydrogens is 583 g/mol. The van der Waals surface area contributed by atoms with E-state index >= 15 is 0 Å². The standard InChI is InChI=1S/C32H29F5N4O3/c33-31(34)44-22-11-12-25(38-18-22)40-15-13-19(14-16-40)28-26-23(17-24(42)30(43)27(26)32(35,36)37)41(39-28)29(20-7-3-1-4-8-20)21-9-5-2-6-10-21/h1-12,18-19,27,29-31,43H,13-17H2/t27-,30+/m1/s1. The molecule has 2 aromatic carbocycles. The third kappa shape index (κ3) is 5.78. The predicted molar refractivity (Wildman–Crippen MR) is 151 cm³/mol. The van der Waals surface area contributed by atoms with E-state index in [2.05, 4.69) is 9.72 Å². The van der Waals surface area contributed by atoms with Gasteiger partial charge in [0.15, 0.2) is 5.78 Å². The molecule has 6 rings (SSSR count). The molecule has 1 N–H and O–H groups in total. The van der Waals surface area contributed by atoms with Gasteiger partial charge in [-0.1, -0.05) is 60.7 Å². The maximum Gasteiger partial charge on any atom is 0.398 e. The number of piperidine rings is 1. The van der Waals surface area contributed by atoms with Gasteiger partial charge in [0, 0.05) is 24.6 Å². The number of ether oxygens (including phenoxy) is 1. The molecule has 7 nitrogen and oxygen atoms in total. The maximum atomic E-state index is 14.6. The summed E-state index contributed by atoms with van der Waals surface area (Å²) in [4.78, 5) is 19.0. The quantitative estimate of drug-likeness (QED) is 0.257. The van der Waals surface area contributed by atoms with Crippen molar-refractivity contribution in [1.82, 2.24) is 14.8 Å². The number of aromatic nitrogens is 3. The number of aliphatic hydroxyl groups is 1. The Labute approximate surface area is 249 Å². The molecule has 1 aliphatic heterocycles. The first kappa shape index (κ1) is 29.7. The van der Waals surface area contributed by atoms with E-state index in [4.69, 9.17) is 5.10 Å². The van der Waals surface area contributed by atoms with Crippen LogP contribution in [-0.4, -0.2) is 57.6 Å². The zero-order valence-corrected chi connectivity index (χ0v) is 23.4. The average Bonchev–Trinajstić information content (AvgIpc) is 3.36. The number of alkyl halides is 5. The van der Waals surface area contributed by atoms with Crippen LogP contribution in [0, 0.1) is 0 Å². The van der Waals surface area contributed by atoms with Crippen molar-refractivity contribution in [3.8, 4) is 5.75 Å². The number of Topliss-reactive ketones (excluding diaryl/α,β-unsaturated/α-hetero) is 1. The molecule has 4 aromatic rings. The highest BCUT2D eigenvalue weighted by molar-refractivity contribution is 5.88. The lowest BCUT2D eigenvalue weighted by Gasteiger charge is -2.34. The van der Waals surface area contributed by atoms with Crippen LogP contribution in [0.15, 0.2) is 79.0 Å². The Morgan fingerprint density at radius 3 is 2.05 bits per heavy atom. The van der Waals surface area contributed by atoms with Crippen LogP contribution in [-0.2, 0) is 11.2 Å². The minimum Gasteiger partial charge on any atom is -0.433 e. The number of nitrogens with zero attached hydrogens (tertiary/aromatic N) is 4. The Morgan fingerprint density at radius 2 is 1.52 bits per heavy atom. The topological polar surface area (TPSA) is 80.5 Å². The van der Waals surface area contributed by atoms with Crippen LogP contribution < -0.4 is 9.64 Å². The summed E-state index contributed by atoms with van der Waals surface area (Å²) in [5, 5.41) is 15.5. The van der Waals surface area contributed by atoms with E-state index in [1.165, 1.54) is 12.3 Å². The first-order valence-electron chi connectivity index (χ1n) is 14.3. The van der Waals surface area contributed by atoms with Crippen molar-refractivity contribution in [2.75, 3.05) is 18.0 Å². The maximum absolute atomic E-state index is 14.6. The zero-order valence-electron chi connectivity index (χ0n) is 23.4. The SMILES string of the molecule is O=C1Cc2c(c(C3CCN(c4ccc(OC(F)F)cn4)CC3)nn2C(c2ccccc2)c2ccccc2)[C@@H](C(F)(F)F)[C@H]1O. The van der Waals surface area contributed by atoms with Gasteiger partial charge in [0.1, 0.15) is 29.6 Å². The molecule has 1 saturated heterocycles. The fraction of sp³-hybridized carbons (Fsp3) is 0.344. The minimum atomic E-state index is -4.88. The van der Waals surface area contributed by atoms with Crippen molar-refractivity contribution in [1.29, 1.82) is 0 Å². The molecule has 3 heterocycles. The summed E-state index contributed by atoms with van der Waals surface area (Å²) in [6.45, 7) is -2.12. The number of carbonyl (C=O) groups is 1. The second-order valence-corrected chi connectivity index (χ2v) is 11.0. The average molecular weight is 613 g/mol. The summed E-state index contributed by atoms with van der Waals surface area (Å²) in [7, 11) is 0. The van der Waals surface area contributed by atoms with E-state index in [1.54, 1.807) is 10.7 Å². The van der Waals surface area contributed by atoms with E-state index in [1.807, 2.05) is 65.6 Å². The van der Waals surface area contributed by atoms with Crippen LogP contribution in [0.3, 0.4) is 0 Å². The number of pyridine rings is 1. The largest absolute Gasteiger partial charge is 0.433 e. The van der Waals surface area contributed by atoms with E-state index < -0.39 is 36.6 Å². The Kier molecular flexibility index (Phi) is 8.10. The Bertz CT molecular complexity index is 1550. The van der Waals surface area contributed by atoms with Gasteiger partial charge < -0.3 is 14.7 Å². The van der Waals surface area contributed by atoms with Crippen molar-refractivity contribution in [3.05, 3.63) is 107 Å². The molecule has 0 unspecified atom stereocenters. The summed E-state index contributed by atoms with van der Waals surface area (Å²) >= 11 is 0.